The van der Waals surface area contributed by atoms with Gasteiger partial charge in [0, 0.05) is 37.3 Å². The van der Waals surface area contributed by atoms with Gasteiger partial charge in [-0.25, -0.2) is 12.8 Å². The van der Waals surface area contributed by atoms with Gasteiger partial charge in [0.2, 0.25) is 15.9 Å². The van der Waals surface area contributed by atoms with Gasteiger partial charge in [0.15, 0.2) is 0 Å². The predicted molar refractivity (Wildman–Crippen MR) is 182 cm³/mol. The van der Waals surface area contributed by atoms with E-state index in [1.807, 2.05) is 6.92 Å². The van der Waals surface area contributed by atoms with Gasteiger partial charge >= 0.3 is 0 Å². The Kier molecular flexibility index (Phi) is 15.4. The minimum atomic E-state index is -3.73. The van der Waals surface area contributed by atoms with Crippen LogP contribution in [0.1, 0.15) is 92.1 Å². The van der Waals surface area contributed by atoms with E-state index in [0.717, 1.165) is 36.2 Å². The summed E-state index contributed by atoms with van der Waals surface area (Å²) in [7, 11) is -2.39. The summed E-state index contributed by atoms with van der Waals surface area (Å²) in [6, 6.07) is 8.34. The van der Waals surface area contributed by atoms with E-state index >= 15 is 0 Å². The molecule has 0 unspecified atom stereocenters. The molecular weight excluding hydrogens is 609 g/mol. The Morgan fingerprint density at radius 3 is 2.02 bits per heavy atom. The number of rotatable bonds is 19. The Hall–Kier alpha value is -3.77. The lowest BCUT2D eigenvalue weighted by atomic mass is 9.91. The molecule has 0 aliphatic rings. The molecule has 4 N–H and O–H groups in total. The molecule has 0 saturated heterocycles. The van der Waals surface area contributed by atoms with E-state index in [4.69, 9.17) is 0 Å². The van der Waals surface area contributed by atoms with E-state index in [2.05, 4.69) is 41.7 Å². The molecule has 3 amide bonds. The zero-order chi connectivity index (χ0) is 34.4. The van der Waals surface area contributed by atoms with Gasteiger partial charge in [0.25, 0.3) is 11.8 Å². The number of likely N-dealkylation sites (N-methyl/N-ethyl adjacent to an activating group) is 1. The van der Waals surface area contributed by atoms with Gasteiger partial charge in [-0.3, -0.25) is 18.7 Å². The first kappa shape index (κ1) is 38.4. The van der Waals surface area contributed by atoms with Gasteiger partial charge in [0.05, 0.1) is 24.0 Å². The van der Waals surface area contributed by atoms with Crippen molar-refractivity contribution in [3.8, 4) is 0 Å². The van der Waals surface area contributed by atoms with Gasteiger partial charge in [-0.2, -0.15) is 0 Å². The molecule has 2 aromatic carbocycles. The number of hydrogen-bond donors (Lipinski definition) is 4. The van der Waals surface area contributed by atoms with Crippen LogP contribution in [0.5, 0.6) is 0 Å². The third kappa shape index (κ3) is 11.9. The first-order valence-corrected chi connectivity index (χ1v) is 17.7. The van der Waals surface area contributed by atoms with Gasteiger partial charge in [-0.1, -0.05) is 57.7 Å². The number of halogens is 1. The standard InChI is InChI=1S/C34H50FN5O5S/c1-8-12-24(13-9-2)18-29(22-37-23(5)32(41)36-11-4)38-33(42)26-19-27(21-30(20-26)40(6)46(7,44)45)34(43)39-31(10-3)25-14-16-28(35)17-15-25/h10,14-17,19-21,23-24,29,31,37H,3,8-9,11-13,18,22H2,1-2,4-7H3,(H,36,41)(H,38,42)(H,39,43)/t23-,29-,31+/m0/s1. The van der Waals surface area contributed by atoms with E-state index in [1.165, 1.54) is 55.6 Å². The van der Waals surface area contributed by atoms with Crippen molar-refractivity contribution >= 4 is 33.4 Å². The molecule has 0 fully saturated rings. The van der Waals surface area contributed by atoms with Gasteiger partial charge in [-0.05, 0) is 62.1 Å². The predicted octanol–water partition coefficient (Wildman–Crippen LogP) is 4.70. The summed E-state index contributed by atoms with van der Waals surface area (Å²) in [5.74, 6) is -1.27. The van der Waals surface area contributed by atoms with Crippen LogP contribution >= 0.6 is 0 Å². The zero-order valence-electron chi connectivity index (χ0n) is 27.9. The van der Waals surface area contributed by atoms with Gasteiger partial charge in [0.1, 0.15) is 5.82 Å². The highest BCUT2D eigenvalue weighted by Crippen LogP contribution is 2.24. The molecule has 0 spiro atoms. The van der Waals surface area contributed by atoms with E-state index in [-0.39, 0.29) is 28.8 Å². The lowest BCUT2D eigenvalue weighted by Gasteiger charge is -2.26. The maximum absolute atomic E-state index is 13.8. The van der Waals surface area contributed by atoms with Gasteiger partial charge in [-0.15, -0.1) is 6.58 Å². The Bertz CT molecular complexity index is 1430. The minimum Gasteiger partial charge on any atom is -0.355 e. The van der Waals surface area contributed by atoms with Gasteiger partial charge < -0.3 is 21.3 Å². The lowest BCUT2D eigenvalue weighted by Crippen LogP contribution is -2.49. The topological polar surface area (TPSA) is 137 Å². The maximum atomic E-state index is 13.8. The molecule has 12 heteroatoms. The summed E-state index contributed by atoms with van der Waals surface area (Å²) in [5, 5.41) is 11.9. The van der Waals surface area contributed by atoms with E-state index in [9.17, 15) is 27.2 Å². The first-order valence-electron chi connectivity index (χ1n) is 15.8. The Morgan fingerprint density at radius 2 is 1.52 bits per heavy atom. The molecule has 0 heterocycles. The van der Waals surface area contributed by atoms with Crippen LogP contribution in [0.25, 0.3) is 0 Å². The maximum Gasteiger partial charge on any atom is 0.252 e. The number of nitrogens with one attached hydrogen (secondary N) is 4. The van der Waals surface area contributed by atoms with Crippen molar-refractivity contribution in [3.63, 3.8) is 0 Å². The highest BCUT2D eigenvalue weighted by molar-refractivity contribution is 7.92. The number of hydrogen-bond acceptors (Lipinski definition) is 6. The fraction of sp³-hybridized carbons (Fsp3) is 0.500. The van der Waals surface area contributed by atoms with E-state index in [1.54, 1.807) is 6.92 Å². The molecule has 0 saturated carbocycles. The molecular formula is C34H50FN5O5S. The molecule has 0 bridgehead atoms. The zero-order valence-corrected chi connectivity index (χ0v) is 28.7. The fourth-order valence-corrected chi connectivity index (χ4v) is 5.71. The highest BCUT2D eigenvalue weighted by atomic mass is 32.2. The number of amides is 3. The van der Waals surface area contributed by atoms with Crippen LogP contribution in [0.3, 0.4) is 0 Å². The van der Waals surface area contributed by atoms with Crippen molar-refractivity contribution in [2.24, 2.45) is 5.92 Å². The molecule has 0 aliphatic carbocycles. The van der Waals surface area contributed by atoms with Crippen molar-refractivity contribution in [3.05, 3.63) is 77.6 Å². The Morgan fingerprint density at radius 1 is 0.957 bits per heavy atom. The molecule has 254 valence electrons. The van der Waals surface area contributed by atoms with Crippen molar-refractivity contribution in [1.29, 1.82) is 0 Å². The van der Waals surface area contributed by atoms with E-state index < -0.39 is 39.7 Å². The Balaban J connectivity index is 2.45. The average Bonchev–Trinajstić information content (AvgIpc) is 3.01. The second-order valence-corrected chi connectivity index (χ2v) is 13.6. The van der Waals surface area contributed by atoms with Crippen molar-refractivity contribution < 1.29 is 27.2 Å². The second-order valence-electron chi connectivity index (χ2n) is 11.6. The average molecular weight is 660 g/mol. The van der Waals surface area contributed by atoms with Crippen molar-refractivity contribution in [2.45, 2.75) is 77.9 Å². The number of anilines is 1. The largest absolute Gasteiger partial charge is 0.355 e. The van der Waals surface area contributed by atoms with Crippen molar-refractivity contribution in [2.75, 3.05) is 30.7 Å². The third-order valence-electron chi connectivity index (χ3n) is 7.82. The quantitative estimate of drug-likeness (QED) is 0.162. The molecule has 0 radical (unpaired) electrons. The minimum absolute atomic E-state index is 0.0569. The van der Waals surface area contributed by atoms with Crippen LogP contribution in [0.4, 0.5) is 10.1 Å². The monoisotopic (exact) mass is 659 g/mol. The Labute approximate surface area is 273 Å². The fourth-order valence-electron chi connectivity index (χ4n) is 5.22. The molecule has 0 aliphatic heterocycles. The summed E-state index contributed by atoms with van der Waals surface area (Å²) in [6.07, 6.45) is 7.17. The van der Waals surface area contributed by atoms with Crippen molar-refractivity contribution in [1.82, 2.24) is 21.3 Å². The van der Waals surface area contributed by atoms with Crippen LogP contribution in [0.2, 0.25) is 0 Å². The molecule has 2 aromatic rings. The summed E-state index contributed by atoms with van der Waals surface area (Å²) >= 11 is 0. The number of sulfonamides is 1. The molecule has 3 atom stereocenters. The third-order valence-corrected chi connectivity index (χ3v) is 9.02. The summed E-state index contributed by atoms with van der Waals surface area (Å²) in [6.45, 7) is 12.5. The van der Waals surface area contributed by atoms with Crippen LogP contribution < -0.4 is 25.6 Å². The van der Waals surface area contributed by atoms with Crippen LogP contribution in [-0.2, 0) is 14.8 Å². The summed E-state index contributed by atoms with van der Waals surface area (Å²) < 4.78 is 39.4. The van der Waals surface area contributed by atoms with Crippen LogP contribution in [0.15, 0.2) is 55.1 Å². The second kappa shape index (κ2) is 18.4. The summed E-state index contributed by atoms with van der Waals surface area (Å²) in [5.41, 5.74) is 0.880. The number of benzene rings is 2. The first-order chi connectivity index (χ1) is 21.7. The van der Waals surface area contributed by atoms with Crippen LogP contribution in [-0.4, -0.2) is 64.6 Å². The number of carbonyl (C=O) groups excluding carboxylic acids is 3. The number of carbonyl (C=O) groups is 3. The SMILES string of the molecule is C=C[C@@H](NC(=O)c1cc(C(=O)N[C@H](CN[C@@H](C)C(=O)NCC)CC(CCC)CCC)cc(N(C)S(C)(=O)=O)c1)c1ccc(F)cc1. The van der Waals surface area contributed by atoms with Crippen LogP contribution in [0, 0.1) is 11.7 Å². The smallest absolute Gasteiger partial charge is 0.252 e. The lowest BCUT2D eigenvalue weighted by molar-refractivity contribution is -0.122. The molecule has 46 heavy (non-hydrogen) atoms. The molecule has 0 aromatic heterocycles. The van der Waals surface area contributed by atoms with E-state index in [0.29, 0.717) is 31.0 Å². The molecule has 2 rings (SSSR count). The highest BCUT2D eigenvalue weighted by Gasteiger charge is 2.24. The summed E-state index contributed by atoms with van der Waals surface area (Å²) in [4.78, 5) is 39.6. The molecule has 10 nitrogen and oxygen atoms in total. The number of nitrogens with zero attached hydrogens (tertiary/aromatic N) is 1. The normalized spacial score (nSPS) is 13.4.